The van der Waals surface area contributed by atoms with E-state index in [2.05, 4.69) is 37.5 Å². The number of fused-ring (bicyclic) bond motifs is 1. The third-order valence-electron chi connectivity index (χ3n) is 7.42. The summed E-state index contributed by atoms with van der Waals surface area (Å²) in [6.45, 7) is 3.56. The molecule has 6 rings (SSSR count). The quantitative estimate of drug-likeness (QED) is 0.260. The zero-order valence-electron chi connectivity index (χ0n) is 22.0. The Balaban J connectivity index is 1.52. The molecule has 0 saturated heterocycles. The van der Waals surface area contributed by atoms with Crippen molar-refractivity contribution < 1.29 is 9.15 Å². The zero-order chi connectivity index (χ0) is 26.6. The van der Waals surface area contributed by atoms with Crippen molar-refractivity contribution >= 4 is 10.9 Å². The van der Waals surface area contributed by atoms with Crippen molar-refractivity contribution in [3.05, 3.63) is 106 Å². The molecule has 3 heterocycles. The van der Waals surface area contributed by atoms with Crippen molar-refractivity contribution in [2.75, 3.05) is 6.61 Å². The molecule has 0 spiro atoms. The van der Waals surface area contributed by atoms with E-state index in [-0.39, 0.29) is 11.6 Å². The molecular weight excluding hydrogens is 492 g/mol. The second kappa shape index (κ2) is 11.2. The number of aromatic amines is 1. The lowest BCUT2D eigenvalue weighted by Crippen LogP contribution is -2.35. The summed E-state index contributed by atoms with van der Waals surface area (Å²) >= 11 is 0. The van der Waals surface area contributed by atoms with Crippen LogP contribution in [0.5, 0.6) is 5.75 Å². The highest BCUT2D eigenvalue weighted by molar-refractivity contribution is 5.80. The maximum atomic E-state index is 13.8. The monoisotopic (exact) mass is 524 g/mol. The van der Waals surface area contributed by atoms with Gasteiger partial charge in [0, 0.05) is 23.0 Å². The molecule has 39 heavy (non-hydrogen) atoms. The lowest BCUT2D eigenvalue weighted by atomic mass is 10.0. The number of ether oxygens (including phenoxy) is 1. The summed E-state index contributed by atoms with van der Waals surface area (Å²) in [5, 5.41) is 14.0. The first-order chi connectivity index (χ1) is 19.2. The molecule has 0 radical (unpaired) electrons. The average Bonchev–Trinajstić information content (AvgIpc) is 3.73. The van der Waals surface area contributed by atoms with Crippen LogP contribution in [0.2, 0.25) is 0 Å². The molecule has 1 aliphatic rings. The Kier molecular flexibility index (Phi) is 7.23. The minimum atomic E-state index is -0.519. The molecule has 1 fully saturated rings. The summed E-state index contributed by atoms with van der Waals surface area (Å²) in [5.41, 5.74) is 2.27. The fourth-order valence-corrected chi connectivity index (χ4v) is 5.61. The third-order valence-corrected chi connectivity index (χ3v) is 7.42. The minimum Gasteiger partial charge on any atom is -0.494 e. The van der Waals surface area contributed by atoms with Gasteiger partial charge in [0.2, 0.25) is 0 Å². The smallest absolute Gasteiger partial charge is 0.253 e. The highest BCUT2D eigenvalue weighted by Crippen LogP contribution is 2.35. The van der Waals surface area contributed by atoms with Gasteiger partial charge in [0.25, 0.3) is 5.56 Å². The first kappa shape index (κ1) is 25.1. The van der Waals surface area contributed by atoms with Gasteiger partial charge >= 0.3 is 0 Å². The number of nitrogens with one attached hydrogen (secondary N) is 1. The van der Waals surface area contributed by atoms with E-state index >= 15 is 0 Å². The molecule has 1 N–H and O–H groups in total. The zero-order valence-corrected chi connectivity index (χ0v) is 22.0. The van der Waals surface area contributed by atoms with E-state index in [4.69, 9.17) is 9.15 Å². The van der Waals surface area contributed by atoms with Crippen LogP contribution in [0.3, 0.4) is 0 Å². The molecule has 1 atom stereocenters. The van der Waals surface area contributed by atoms with Gasteiger partial charge in [-0.25, -0.2) is 4.68 Å². The van der Waals surface area contributed by atoms with Gasteiger partial charge in [0.1, 0.15) is 17.6 Å². The van der Waals surface area contributed by atoms with Gasteiger partial charge in [0.05, 0.1) is 25.5 Å². The van der Waals surface area contributed by atoms with Crippen LogP contribution >= 0.6 is 0 Å². The van der Waals surface area contributed by atoms with E-state index in [1.165, 1.54) is 0 Å². The third kappa shape index (κ3) is 5.35. The molecule has 0 unspecified atom stereocenters. The molecule has 1 saturated carbocycles. The Morgan fingerprint density at radius 3 is 2.69 bits per heavy atom. The standard InChI is InChI=1S/C30H32N6O3/c1-2-38-24-14-15-27-22(17-24)18-26(30(37)31-27)28(29-32-33-34-36(29)23-11-6-7-12-23)35(20-25-13-8-16-39-25)19-21-9-4-3-5-10-21/h3-5,8-10,13-18,23,28H,2,6-7,11-12,19-20H2,1H3,(H,31,37)/t28-/m1/s1. The Hall–Kier alpha value is -4.24. The largest absolute Gasteiger partial charge is 0.494 e. The summed E-state index contributed by atoms with van der Waals surface area (Å²) in [5.74, 6) is 2.22. The van der Waals surface area contributed by atoms with Crippen LogP contribution in [0, 0.1) is 0 Å². The van der Waals surface area contributed by atoms with Crippen LogP contribution in [0.4, 0.5) is 0 Å². The number of rotatable bonds is 10. The van der Waals surface area contributed by atoms with Crippen molar-refractivity contribution in [2.45, 2.75) is 57.8 Å². The molecule has 3 aromatic heterocycles. The lowest BCUT2D eigenvalue weighted by molar-refractivity contribution is 0.176. The fourth-order valence-electron chi connectivity index (χ4n) is 5.61. The lowest BCUT2D eigenvalue weighted by Gasteiger charge is -2.31. The summed E-state index contributed by atoms with van der Waals surface area (Å²) in [7, 11) is 0. The fraction of sp³-hybridized carbons (Fsp3) is 0.333. The van der Waals surface area contributed by atoms with Crippen LogP contribution in [-0.2, 0) is 13.1 Å². The highest BCUT2D eigenvalue weighted by atomic mass is 16.5. The number of hydrogen-bond acceptors (Lipinski definition) is 7. The summed E-state index contributed by atoms with van der Waals surface area (Å²) in [6, 6.07) is 21.4. The van der Waals surface area contributed by atoms with E-state index in [9.17, 15) is 4.79 Å². The van der Waals surface area contributed by atoms with Crippen LogP contribution in [0.15, 0.2) is 82.2 Å². The van der Waals surface area contributed by atoms with Gasteiger partial charge < -0.3 is 14.1 Å². The van der Waals surface area contributed by atoms with Crippen molar-refractivity contribution in [1.29, 1.82) is 0 Å². The second-order valence-electron chi connectivity index (χ2n) is 10.0. The molecular formula is C30H32N6O3. The second-order valence-corrected chi connectivity index (χ2v) is 10.0. The van der Waals surface area contributed by atoms with Gasteiger partial charge in [-0.3, -0.25) is 9.69 Å². The highest BCUT2D eigenvalue weighted by Gasteiger charge is 2.33. The van der Waals surface area contributed by atoms with E-state index in [1.807, 2.05) is 66.2 Å². The summed E-state index contributed by atoms with van der Waals surface area (Å²) in [6.07, 6.45) is 6.00. The van der Waals surface area contributed by atoms with Gasteiger partial charge in [-0.15, -0.1) is 5.10 Å². The number of aromatic nitrogens is 5. The number of tetrazole rings is 1. The maximum absolute atomic E-state index is 13.8. The van der Waals surface area contributed by atoms with Gasteiger partial charge in [-0.1, -0.05) is 43.2 Å². The molecule has 0 aliphatic heterocycles. The predicted molar refractivity (Wildman–Crippen MR) is 147 cm³/mol. The van der Waals surface area contributed by atoms with Crippen LogP contribution in [-0.4, -0.2) is 36.7 Å². The van der Waals surface area contributed by atoms with Crippen molar-refractivity contribution in [3.8, 4) is 5.75 Å². The first-order valence-corrected chi connectivity index (χ1v) is 13.6. The van der Waals surface area contributed by atoms with E-state index in [1.54, 1.807) is 6.26 Å². The van der Waals surface area contributed by atoms with Crippen molar-refractivity contribution in [1.82, 2.24) is 30.1 Å². The van der Waals surface area contributed by atoms with Crippen LogP contribution < -0.4 is 10.3 Å². The topological polar surface area (TPSA) is 102 Å². The van der Waals surface area contributed by atoms with Crippen molar-refractivity contribution in [3.63, 3.8) is 0 Å². The molecule has 9 heteroatoms. The SMILES string of the molecule is CCOc1ccc2[nH]c(=O)c([C@H](c3nnnn3C3CCCC3)N(Cc3ccccc3)Cc3ccco3)cc2c1. The van der Waals surface area contributed by atoms with Crippen LogP contribution in [0.25, 0.3) is 10.9 Å². The average molecular weight is 525 g/mol. The van der Waals surface area contributed by atoms with E-state index in [0.717, 1.165) is 53.7 Å². The van der Waals surface area contributed by atoms with Gasteiger partial charge in [-0.2, -0.15) is 0 Å². The number of benzene rings is 2. The maximum Gasteiger partial charge on any atom is 0.253 e. The Morgan fingerprint density at radius 1 is 1.08 bits per heavy atom. The van der Waals surface area contributed by atoms with Gasteiger partial charge in [0.15, 0.2) is 5.82 Å². The molecule has 1 aliphatic carbocycles. The molecule has 2 aromatic carbocycles. The first-order valence-electron chi connectivity index (χ1n) is 13.6. The number of hydrogen-bond donors (Lipinski definition) is 1. The number of pyridine rings is 1. The molecule has 0 amide bonds. The molecule has 0 bridgehead atoms. The predicted octanol–water partition coefficient (Wildman–Crippen LogP) is 5.41. The Labute approximate surface area is 226 Å². The van der Waals surface area contributed by atoms with E-state index < -0.39 is 6.04 Å². The van der Waals surface area contributed by atoms with E-state index in [0.29, 0.717) is 31.1 Å². The van der Waals surface area contributed by atoms with Crippen molar-refractivity contribution in [2.24, 2.45) is 0 Å². The Bertz CT molecular complexity index is 1570. The van der Waals surface area contributed by atoms with Crippen LogP contribution in [0.1, 0.15) is 67.4 Å². The normalized spacial score (nSPS) is 14.8. The molecule has 9 nitrogen and oxygen atoms in total. The van der Waals surface area contributed by atoms with Gasteiger partial charge in [-0.05, 0) is 72.2 Å². The summed E-state index contributed by atoms with van der Waals surface area (Å²) in [4.78, 5) is 19.1. The number of furan rings is 1. The molecule has 200 valence electrons. The number of nitrogens with zero attached hydrogens (tertiary/aromatic N) is 5. The Morgan fingerprint density at radius 2 is 1.92 bits per heavy atom. The number of H-pyrrole nitrogens is 1. The summed E-state index contributed by atoms with van der Waals surface area (Å²) < 4.78 is 13.5. The molecule has 5 aromatic rings. The minimum absolute atomic E-state index is 0.171.